The first-order valence-electron chi connectivity index (χ1n) is 8.74. The summed E-state index contributed by atoms with van der Waals surface area (Å²) in [5.41, 5.74) is 7.81. The zero-order valence-electron chi connectivity index (χ0n) is 15.6. The van der Waals surface area contributed by atoms with Crippen LogP contribution in [0, 0.1) is 17.2 Å². The molecule has 3 rings (SSSR count). The molecule has 1 aliphatic rings. The number of anilines is 1. The number of nitrogens with two attached hydrogens (primary N) is 1. The monoisotopic (exact) mass is 385 g/mol. The lowest BCUT2D eigenvalue weighted by Crippen LogP contribution is -2.15. The van der Waals surface area contributed by atoms with Gasteiger partial charge in [-0.25, -0.2) is 9.37 Å². The molecule has 8 heteroatoms. The molecule has 0 saturated carbocycles. The molecule has 5 N–H and O–H groups in total. The number of aromatic nitrogens is 2. The van der Waals surface area contributed by atoms with Crippen LogP contribution >= 0.6 is 0 Å². The Kier molecular flexibility index (Phi) is 5.41. The van der Waals surface area contributed by atoms with Gasteiger partial charge in [0, 0.05) is 23.9 Å². The smallest absolute Gasteiger partial charge is 0.224 e. The number of aliphatic hydroxyl groups is 1. The second kappa shape index (κ2) is 7.77. The van der Waals surface area contributed by atoms with Crippen molar-refractivity contribution < 1.29 is 13.9 Å². The maximum atomic E-state index is 15.0. The average Bonchev–Trinajstić information content (AvgIpc) is 3.03. The minimum atomic E-state index is -0.749. The third-order valence-electron chi connectivity index (χ3n) is 4.54. The predicted octanol–water partition coefficient (Wildman–Crippen LogP) is 3.22. The van der Waals surface area contributed by atoms with Crippen LogP contribution in [0.5, 0.6) is 0 Å². The minimum absolute atomic E-state index is 0.0261. The predicted molar refractivity (Wildman–Crippen MR) is 105 cm³/mol. The van der Waals surface area contributed by atoms with Crippen LogP contribution < -0.4 is 11.1 Å². The molecule has 0 bridgehead atoms. The van der Waals surface area contributed by atoms with Crippen molar-refractivity contribution in [2.24, 2.45) is 0 Å². The molecule has 1 aliphatic carbocycles. The lowest BCUT2D eigenvalue weighted by molar-refractivity contribution is 0.270. The van der Waals surface area contributed by atoms with Crippen LogP contribution in [-0.2, 0) is 6.61 Å². The van der Waals surface area contributed by atoms with Gasteiger partial charge in [0.25, 0.3) is 0 Å². The molecule has 0 unspecified atom stereocenters. The summed E-state index contributed by atoms with van der Waals surface area (Å²) in [4.78, 5) is 4.14. The first-order chi connectivity index (χ1) is 13.4. The topological polar surface area (TPSA) is 100.0 Å². The molecule has 1 heterocycles. The van der Waals surface area contributed by atoms with Crippen LogP contribution in [0.25, 0.3) is 17.1 Å². The van der Waals surface area contributed by atoms with E-state index in [1.165, 1.54) is 22.8 Å². The normalized spacial score (nSPS) is 15.6. The minimum Gasteiger partial charge on any atom is -0.396 e. The van der Waals surface area contributed by atoms with Crippen LogP contribution in [0.15, 0.2) is 47.7 Å². The summed E-state index contributed by atoms with van der Waals surface area (Å²) >= 11 is 0. The number of imidazole rings is 1. The van der Waals surface area contributed by atoms with E-state index in [0.29, 0.717) is 23.3 Å². The Bertz CT molecular complexity index is 1030. The Labute approximate surface area is 161 Å². The zero-order chi connectivity index (χ0) is 20.4. The van der Waals surface area contributed by atoms with E-state index in [2.05, 4.69) is 10.3 Å². The third-order valence-corrected chi connectivity index (χ3v) is 4.54. The first-order valence-corrected chi connectivity index (χ1v) is 8.74. The lowest BCUT2D eigenvalue weighted by Gasteiger charge is -2.17. The third kappa shape index (κ3) is 3.34. The fraction of sp³-hybridized carbons (Fsp3) is 0.200. The number of nitrogens with zero attached hydrogens (tertiary/aromatic N) is 2. The number of rotatable bonds is 5. The van der Waals surface area contributed by atoms with Crippen molar-refractivity contribution in [3.05, 3.63) is 65.2 Å². The Morgan fingerprint density at radius 1 is 1.32 bits per heavy atom. The van der Waals surface area contributed by atoms with E-state index in [1.54, 1.807) is 25.3 Å². The van der Waals surface area contributed by atoms with Crippen molar-refractivity contribution in [2.45, 2.75) is 20.0 Å². The van der Waals surface area contributed by atoms with Crippen molar-refractivity contribution in [3.63, 3.8) is 0 Å². The van der Waals surface area contributed by atoms with E-state index in [0.717, 1.165) is 5.70 Å². The summed E-state index contributed by atoms with van der Waals surface area (Å²) < 4.78 is 30.2. The highest BCUT2D eigenvalue weighted by atomic mass is 19.1. The van der Waals surface area contributed by atoms with E-state index in [4.69, 9.17) is 11.1 Å². The molecule has 2 aromatic rings. The Hall–Kier alpha value is -3.26. The Balaban J connectivity index is 2.24. The number of benzene rings is 1. The molecule has 0 atom stereocenters. The van der Waals surface area contributed by atoms with Crippen LogP contribution in [0.3, 0.4) is 0 Å². The standard InChI is InChI=1S/C20H21F2N5O/c1-3-17(25-2)13-9-12(5-7-15(13)23)27-19(22)18(10-28)26-20(27)11-4-6-16(24)14(21)8-11/h4-9,23,25,28H,3,10,24H2,1-2H3/b17-13-,23-15?. The molecule has 0 saturated heterocycles. The second-order valence-corrected chi connectivity index (χ2v) is 6.21. The summed E-state index contributed by atoms with van der Waals surface area (Å²) in [5.74, 6) is -1.26. The highest BCUT2D eigenvalue weighted by Crippen LogP contribution is 2.30. The second-order valence-electron chi connectivity index (χ2n) is 6.21. The number of allylic oxidation sites excluding steroid dienone is 6. The molecule has 0 aliphatic heterocycles. The molecule has 0 spiro atoms. The van der Waals surface area contributed by atoms with Crippen molar-refractivity contribution >= 4 is 17.1 Å². The zero-order valence-corrected chi connectivity index (χ0v) is 15.6. The molecule has 28 heavy (non-hydrogen) atoms. The fourth-order valence-electron chi connectivity index (χ4n) is 3.06. The number of nitrogens with one attached hydrogen (secondary N) is 2. The van der Waals surface area contributed by atoms with Gasteiger partial charge in [0.2, 0.25) is 5.95 Å². The molecular formula is C20H21F2N5O. The first kappa shape index (κ1) is 19.5. The van der Waals surface area contributed by atoms with Gasteiger partial charge in [0.15, 0.2) is 0 Å². The van der Waals surface area contributed by atoms with Gasteiger partial charge < -0.3 is 21.6 Å². The van der Waals surface area contributed by atoms with Crippen molar-refractivity contribution in [1.82, 2.24) is 14.9 Å². The summed E-state index contributed by atoms with van der Waals surface area (Å²) in [5, 5.41) is 20.7. The van der Waals surface area contributed by atoms with Crippen molar-refractivity contribution in [2.75, 3.05) is 12.8 Å². The largest absolute Gasteiger partial charge is 0.396 e. The molecule has 6 nitrogen and oxygen atoms in total. The summed E-state index contributed by atoms with van der Waals surface area (Å²) in [6, 6.07) is 4.09. The maximum absolute atomic E-state index is 15.0. The molecule has 0 amide bonds. The summed E-state index contributed by atoms with van der Waals surface area (Å²) in [6.07, 6.45) is 5.47. The number of hydrogen-bond donors (Lipinski definition) is 4. The van der Waals surface area contributed by atoms with E-state index in [9.17, 15) is 13.9 Å². The molecular weight excluding hydrogens is 364 g/mol. The van der Waals surface area contributed by atoms with Crippen LogP contribution in [0.4, 0.5) is 14.5 Å². The highest BCUT2D eigenvalue weighted by molar-refractivity contribution is 6.12. The van der Waals surface area contributed by atoms with Gasteiger partial charge in [-0.1, -0.05) is 6.92 Å². The van der Waals surface area contributed by atoms with Crippen LogP contribution in [-0.4, -0.2) is 27.4 Å². The van der Waals surface area contributed by atoms with Gasteiger partial charge in [-0.15, -0.1) is 0 Å². The fourth-order valence-corrected chi connectivity index (χ4v) is 3.06. The van der Waals surface area contributed by atoms with Gasteiger partial charge in [-0.3, -0.25) is 4.57 Å². The highest BCUT2D eigenvalue weighted by Gasteiger charge is 2.23. The van der Waals surface area contributed by atoms with E-state index in [1.807, 2.05) is 6.92 Å². The number of aliphatic hydroxyl groups excluding tert-OH is 1. The SMILES string of the molecule is CC/C(NC)=C1\C=C(n2c(-c3ccc(N)c(F)c3)nc(CO)c2F)C=CC1=N. The van der Waals surface area contributed by atoms with E-state index in [-0.39, 0.29) is 22.9 Å². The number of hydrogen-bond acceptors (Lipinski definition) is 5. The lowest BCUT2D eigenvalue weighted by atomic mass is 10.00. The number of nitrogen functional groups attached to an aromatic ring is 1. The molecule has 0 radical (unpaired) electrons. The Morgan fingerprint density at radius 3 is 2.68 bits per heavy atom. The van der Waals surface area contributed by atoms with Crippen LogP contribution in [0.1, 0.15) is 19.0 Å². The molecule has 1 aromatic heterocycles. The van der Waals surface area contributed by atoms with Gasteiger partial charge >= 0.3 is 0 Å². The quantitative estimate of drug-likeness (QED) is 0.594. The van der Waals surface area contributed by atoms with Gasteiger partial charge in [0.1, 0.15) is 17.3 Å². The molecule has 1 aromatic carbocycles. The Morgan fingerprint density at radius 2 is 2.07 bits per heavy atom. The molecule has 146 valence electrons. The van der Waals surface area contributed by atoms with Gasteiger partial charge in [-0.2, -0.15) is 4.39 Å². The van der Waals surface area contributed by atoms with Gasteiger partial charge in [0.05, 0.1) is 23.7 Å². The average molecular weight is 385 g/mol. The van der Waals surface area contributed by atoms with E-state index >= 15 is 0 Å². The van der Waals surface area contributed by atoms with Crippen molar-refractivity contribution in [1.29, 1.82) is 5.41 Å². The summed E-state index contributed by atoms with van der Waals surface area (Å²) in [7, 11) is 1.76. The molecule has 0 fully saturated rings. The maximum Gasteiger partial charge on any atom is 0.224 e. The van der Waals surface area contributed by atoms with Crippen LogP contribution in [0.2, 0.25) is 0 Å². The van der Waals surface area contributed by atoms with E-state index < -0.39 is 18.4 Å². The number of halogens is 2. The van der Waals surface area contributed by atoms with Crippen molar-refractivity contribution in [3.8, 4) is 11.4 Å². The summed E-state index contributed by atoms with van der Waals surface area (Å²) in [6.45, 7) is 1.34. The van der Waals surface area contributed by atoms with Gasteiger partial charge in [-0.05, 0) is 42.8 Å².